The molecule has 1 aromatic heterocycles. The Balaban J connectivity index is 2.40. The summed E-state index contributed by atoms with van der Waals surface area (Å²) in [6.07, 6.45) is 1.30. The lowest BCUT2D eigenvalue weighted by molar-refractivity contribution is -0.120. The van der Waals surface area contributed by atoms with Gasteiger partial charge < -0.3 is 9.84 Å². The summed E-state index contributed by atoms with van der Waals surface area (Å²) < 4.78 is 4.49. The highest BCUT2D eigenvalue weighted by Crippen LogP contribution is 1.95. The van der Waals surface area contributed by atoms with Crippen LogP contribution in [0.1, 0.15) is 24.3 Å². The zero-order chi connectivity index (χ0) is 10.6. The van der Waals surface area contributed by atoms with Crippen molar-refractivity contribution < 1.29 is 14.1 Å². The number of Topliss-reactive ketones (excluding diaryl/α,β-unsaturated/α-hetero) is 1. The Morgan fingerprint density at radius 2 is 2.29 bits per heavy atom. The van der Waals surface area contributed by atoms with E-state index in [1.807, 2.05) is 0 Å². The van der Waals surface area contributed by atoms with Crippen LogP contribution < -0.4 is 5.32 Å². The highest BCUT2D eigenvalue weighted by atomic mass is 16.5. The molecular formula is C9H12N2O3. The van der Waals surface area contributed by atoms with Crippen LogP contribution in [-0.2, 0) is 4.79 Å². The topological polar surface area (TPSA) is 72.2 Å². The Labute approximate surface area is 81.5 Å². The van der Waals surface area contributed by atoms with E-state index in [9.17, 15) is 9.59 Å². The summed E-state index contributed by atoms with van der Waals surface area (Å²) >= 11 is 0. The fourth-order valence-corrected chi connectivity index (χ4v) is 0.792. The van der Waals surface area contributed by atoms with Crippen molar-refractivity contribution in [3.63, 3.8) is 0 Å². The number of carbonyl (C=O) groups is 2. The van der Waals surface area contributed by atoms with Gasteiger partial charge in [0.15, 0.2) is 11.5 Å². The van der Waals surface area contributed by atoms with Crippen LogP contribution in [0.15, 0.2) is 16.9 Å². The summed E-state index contributed by atoms with van der Waals surface area (Å²) in [4.78, 5) is 22.4. The molecule has 76 valence electrons. The first kappa shape index (κ1) is 10.4. The SMILES string of the molecule is CC(C)C(=O)CNC(=O)c1ccon1. The average Bonchev–Trinajstić information content (AvgIpc) is 2.66. The third kappa shape index (κ3) is 2.69. The summed E-state index contributed by atoms with van der Waals surface area (Å²) in [6.45, 7) is 3.60. The smallest absolute Gasteiger partial charge is 0.273 e. The van der Waals surface area contributed by atoms with Crippen LogP contribution in [0.25, 0.3) is 0 Å². The van der Waals surface area contributed by atoms with Crippen molar-refractivity contribution in [2.75, 3.05) is 6.54 Å². The van der Waals surface area contributed by atoms with Gasteiger partial charge in [-0.1, -0.05) is 19.0 Å². The summed E-state index contributed by atoms with van der Waals surface area (Å²) in [5.74, 6) is -0.484. The van der Waals surface area contributed by atoms with Crippen LogP contribution in [0.4, 0.5) is 0 Å². The summed E-state index contributed by atoms with van der Waals surface area (Å²) in [5.41, 5.74) is 0.182. The first-order valence-corrected chi connectivity index (χ1v) is 4.32. The fraction of sp³-hybridized carbons (Fsp3) is 0.444. The van der Waals surface area contributed by atoms with Crippen LogP contribution in [-0.4, -0.2) is 23.4 Å². The Bertz CT molecular complexity index is 317. The van der Waals surface area contributed by atoms with Crippen LogP contribution in [0.5, 0.6) is 0 Å². The lowest BCUT2D eigenvalue weighted by Crippen LogP contribution is -2.31. The van der Waals surface area contributed by atoms with Crippen molar-refractivity contribution in [3.05, 3.63) is 18.0 Å². The molecule has 0 atom stereocenters. The molecule has 1 aromatic rings. The number of hydrogen-bond acceptors (Lipinski definition) is 4. The molecule has 5 heteroatoms. The Hall–Kier alpha value is -1.65. The summed E-state index contributed by atoms with van der Waals surface area (Å²) in [5, 5.41) is 5.90. The molecule has 0 saturated carbocycles. The van der Waals surface area contributed by atoms with E-state index in [-0.39, 0.29) is 23.9 Å². The van der Waals surface area contributed by atoms with E-state index in [1.54, 1.807) is 13.8 Å². The monoisotopic (exact) mass is 196 g/mol. The van der Waals surface area contributed by atoms with Gasteiger partial charge in [0.25, 0.3) is 5.91 Å². The largest absolute Gasteiger partial charge is 0.364 e. The zero-order valence-electron chi connectivity index (χ0n) is 8.11. The van der Waals surface area contributed by atoms with Gasteiger partial charge in [0.2, 0.25) is 0 Å². The molecule has 0 fully saturated rings. The highest BCUT2D eigenvalue weighted by molar-refractivity contribution is 5.95. The average molecular weight is 196 g/mol. The molecule has 5 nitrogen and oxygen atoms in total. The van der Waals surface area contributed by atoms with Crippen molar-refractivity contribution in [2.45, 2.75) is 13.8 Å². The van der Waals surface area contributed by atoms with Crippen molar-refractivity contribution in [3.8, 4) is 0 Å². The van der Waals surface area contributed by atoms with Crippen molar-refractivity contribution in [1.82, 2.24) is 10.5 Å². The Morgan fingerprint density at radius 1 is 1.57 bits per heavy atom. The minimum Gasteiger partial charge on any atom is -0.364 e. The lowest BCUT2D eigenvalue weighted by Gasteiger charge is -2.04. The molecule has 0 radical (unpaired) electrons. The molecule has 1 amide bonds. The van der Waals surface area contributed by atoms with Crippen molar-refractivity contribution >= 4 is 11.7 Å². The minimum absolute atomic E-state index is 0.0122. The van der Waals surface area contributed by atoms with Gasteiger partial charge >= 0.3 is 0 Å². The van der Waals surface area contributed by atoms with Gasteiger partial charge in [-0.05, 0) is 0 Å². The van der Waals surface area contributed by atoms with Gasteiger partial charge in [-0.2, -0.15) is 0 Å². The van der Waals surface area contributed by atoms with Gasteiger partial charge in [0, 0.05) is 12.0 Å². The first-order valence-electron chi connectivity index (χ1n) is 4.32. The standard InChI is InChI=1S/C9H12N2O3/c1-6(2)8(12)5-10-9(13)7-3-4-14-11-7/h3-4,6H,5H2,1-2H3,(H,10,13). The predicted molar refractivity (Wildman–Crippen MR) is 48.7 cm³/mol. The molecule has 14 heavy (non-hydrogen) atoms. The van der Waals surface area contributed by atoms with Crippen molar-refractivity contribution in [1.29, 1.82) is 0 Å². The molecule has 0 aliphatic heterocycles. The molecule has 0 aliphatic carbocycles. The number of nitrogens with zero attached hydrogens (tertiary/aromatic N) is 1. The molecule has 1 N–H and O–H groups in total. The number of hydrogen-bond donors (Lipinski definition) is 1. The zero-order valence-corrected chi connectivity index (χ0v) is 8.11. The van der Waals surface area contributed by atoms with Gasteiger partial charge in [0.1, 0.15) is 6.26 Å². The van der Waals surface area contributed by atoms with Gasteiger partial charge in [-0.15, -0.1) is 0 Å². The molecule has 1 rings (SSSR count). The van der Waals surface area contributed by atoms with E-state index in [0.29, 0.717) is 0 Å². The van der Waals surface area contributed by atoms with E-state index in [4.69, 9.17) is 0 Å². The number of nitrogens with one attached hydrogen (secondary N) is 1. The second kappa shape index (κ2) is 4.55. The number of carbonyl (C=O) groups excluding carboxylic acids is 2. The normalized spacial score (nSPS) is 10.2. The first-order chi connectivity index (χ1) is 6.61. The second-order valence-corrected chi connectivity index (χ2v) is 3.19. The molecule has 0 aromatic carbocycles. The second-order valence-electron chi connectivity index (χ2n) is 3.19. The number of ketones is 1. The highest BCUT2D eigenvalue weighted by Gasteiger charge is 2.12. The van der Waals surface area contributed by atoms with Gasteiger partial charge in [0.05, 0.1) is 6.54 Å². The Kier molecular flexibility index (Phi) is 3.39. The van der Waals surface area contributed by atoms with Crippen LogP contribution >= 0.6 is 0 Å². The van der Waals surface area contributed by atoms with E-state index in [0.717, 1.165) is 0 Å². The molecule has 0 aliphatic rings. The fourth-order valence-electron chi connectivity index (χ4n) is 0.792. The van der Waals surface area contributed by atoms with Gasteiger partial charge in [-0.3, -0.25) is 9.59 Å². The predicted octanol–water partition coefficient (Wildman–Crippen LogP) is 0.629. The van der Waals surface area contributed by atoms with E-state index in [2.05, 4.69) is 15.0 Å². The maximum Gasteiger partial charge on any atom is 0.273 e. The third-order valence-corrected chi connectivity index (χ3v) is 1.74. The van der Waals surface area contributed by atoms with E-state index < -0.39 is 5.91 Å². The van der Waals surface area contributed by atoms with Crippen LogP contribution in [0.3, 0.4) is 0 Å². The molecule has 1 heterocycles. The third-order valence-electron chi connectivity index (χ3n) is 1.74. The van der Waals surface area contributed by atoms with E-state index >= 15 is 0 Å². The minimum atomic E-state index is -0.396. The quantitative estimate of drug-likeness (QED) is 0.766. The van der Waals surface area contributed by atoms with Crippen molar-refractivity contribution in [2.24, 2.45) is 5.92 Å². The maximum atomic E-state index is 11.2. The molecular weight excluding hydrogens is 184 g/mol. The molecule has 0 saturated heterocycles. The van der Waals surface area contributed by atoms with Crippen LogP contribution in [0, 0.1) is 5.92 Å². The summed E-state index contributed by atoms with van der Waals surface area (Å²) in [6, 6.07) is 1.44. The molecule has 0 spiro atoms. The number of amides is 1. The number of aromatic nitrogens is 1. The summed E-state index contributed by atoms with van der Waals surface area (Å²) in [7, 11) is 0. The molecule has 0 unspecified atom stereocenters. The lowest BCUT2D eigenvalue weighted by atomic mass is 10.1. The van der Waals surface area contributed by atoms with E-state index in [1.165, 1.54) is 12.3 Å². The maximum absolute atomic E-state index is 11.2. The van der Waals surface area contributed by atoms with Crippen LogP contribution in [0.2, 0.25) is 0 Å². The Morgan fingerprint density at radius 3 is 2.79 bits per heavy atom. The molecule has 0 bridgehead atoms. The number of rotatable bonds is 4. The van der Waals surface area contributed by atoms with Gasteiger partial charge in [-0.25, -0.2) is 0 Å².